The number of rotatable bonds is 5. The van der Waals surface area contributed by atoms with Gasteiger partial charge in [-0.15, -0.1) is 0 Å². The monoisotopic (exact) mass is 419 g/mol. The first kappa shape index (κ1) is 19.5. The molecule has 4 aromatic rings. The molecule has 4 rings (SSSR count). The summed E-state index contributed by atoms with van der Waals surface area (Å²) in [6, 6.07) is 15.9. The molecule has 149 valence electrons. The van der Waals surface area contributed by atoms with Crippen molar-refractivity contribution in [1.29, 1.82) is 0 Å². The molecule has 8 nitrogen and oxygen atoms in total. The van der Waals surface area contributed by atoms with Crippen molar-refractivity contribution in [1.82, 2.24) is 19.6 Å². The summed E-state index contributed by atoms with van der Waals surface area (Å²) < 4.78 is 26.6. The third-order valence-corrected chi connectivity index (χ3v) is 5.52. The fourth-order valence-electron chi connectivity index (χ4n) is 2.98. The smallest absolute Gasteiger partial charge is 0.233 e. The van der Waals surface area contributed by atoms with Crippen LogP contribution >= 0.6 is 0 Å². The lowest BCUT2D eigenvalue weighted by Gasteiger charge is -2.10. The molecule has 0 aliphatic carbocycles. The Morgan fingerprint density at radius 2 is 1.73 bits per heavy atom. The van der Waals surface area contributed by atoms with Gasteiger partial charge >= 0.3 is 0 Å². The lowest BCUT2D eigenvalue weighted by atomic mass is 10.2. The molecule has 0 aliphatic rings. The van der Waals surface area contributed by atoms with Crippen molar-refractivity contribution in [2.75, 3.05) is 6.26 Å². The fourth-order valence-corrected chi connectivity index (χ4v) is 3.64. The standard InChI is InChI=1S/C21H15N4O4S/c1-30(28,29)18-7-3-5-16(13-18)24-11-9-20(27)21(23-24)19-8-10-22-25(19)17-6-2-4-15(12-17)14-26/h2-13H,1H3. The summed E-state index contributed by atoms with van der Waals surface area (Å²) in [6.45, 7) is 0. The third-order valence-electron chi connectivity index (χ3n) is 4.41. The van der Waals surface area contributed by atoms with E-state index < -0.39 is 9.84 Å². The Morgan fingerprint density at radius 1 is 0.967 bits per heavy atom. The Balaban J connectivity index is 1.85. The third kappa shape index (κ3) is 3.70. The van der Waals surface area contributed by atoms with E-state index in [0.29, 0.717) is 22.6 Å². The normalized spacial score (nSPS) is 11.4. The predicted molar refractivity (Wildman–Crippen MR) is 110 cm³/mol. The number of hydrogen-bond donors (Lipinski definition) is 0. The van der Waals surface area contributed by atoms with Gasteiger partial charge in [0.05, 0.1) is 28.2 Å². The second-order valence-electron chi connectivity index (χ2n) is 6.52. The zero-order valence-corrected chi connectivity index (χ0v) is 16.6. The molecule has 0 amide bonds. The van der Waals surface area contributed by atoms with Gasteiger partial charge in [-0.25, -0.2) is 17.8 Å². The molecule has 9 heteroatoms. The van der Waals surface area contributed by atoms with Gasteiger partial charge in [-0.3, -0.25) is 9.59 Å². The summed E-state index contributed by atoms with van der Waals surface area (Å²) in [5.74, 6) is 0. The van der Waals surface area contributed by atoms with E-state index in [4.69, 9.17) is 0 Å². The van der Waals surface area contributed by atoms with Gasteiger partial charge < -0.3 is 0 Å². The minimum Gasteiger partial charge on any atom is -0.287 e. The number of hydrogen-bond acceptors (Lipinski definition) is 6. The Hall–Kier alpha value is -3.85. The maximum atomic E-state index is 12.6. The van der Waals surface area contributed by atoms with Crippen LogP contribution in [0.5, 0.6) is 0 Å². The number of sulfone groups is 1. The first-order valence-corrected chi connectivity index (χ1v) is 10.7. The van der Waals surface area contributed by atoms with Gasteiger partial charge in [-0.05, 0) is 36.4 Å². The summed E-state index contributed by atoms with van der Waals surface area (Å²) >= 11 is 0. The average molecular weight is 419 g/mol. The zero-order valence-electron chi connectivity index (χ0n) is 15.8. The first-order chi connectivity index (χ1) is 14.4. The molecule has 0 atom stereocenters. The highest BCUT2D eigenvalue weighted by Crippen LogP contribution is 2.20. The van der Waals surface area contributed by atoms with Gasteiger partial charge in [-0.2, -0.15) is 10.2 Å². The van der Waals surface area contributed by atoms with Crippen molar-refractivity contribution in [2.45, 2.75) is 4.90 Å². The lowest BCUT2D eigenvalue weighted by molar-refractivity contribution is 0.562. The van der Waals surface area contributed by atoms with E-state index >= 15 is 0 Å². The molecular formula is C21H15N4O4S. The molecule has 0 saturated heterocycles. The van der Waals surface area contributed by atoms with E-state index in [2.05, 4.69) is 10.2 Å². The SMILES string of the molecule is CS(=O)(=O)c1cccc(-n2ccc(=O)c(-c3ccnn3-c3cccc([C]=O)c3)n2)c1. The second kappa shape index (κ2) is 7.53. The highest BCUT2D eigenvalue weighted by molar-refractivity contribution is 7.90. The van der Waals surface area contributed by atoms with Crippen molar-refractivity contribution in [3.05, 3.63) is 88.8 Å². The van der Waals surface area contributed by atoms with Crippen LogP contribution in [0.15, 0.2) is 82.7 Å². The zero-order chi connectivity index (χ0) is 21.3. The maximum absolute atomic E-state index is 12.6. The number of aromatic nitrogens is 4. The van der Waals surface area contributed by atoms with E-state index in [0.717, 1.165) is 6.26 Å². The topological polar surface area (TPSA) is 104 Å². The summed E-state index contributed by atoms with van der Waals surface area (Å²) in [5, 5.41) is 8.66. The highest BCUT2D eigenvalue weighted by Gasteiger charge is 2.15. The molecule has 0 saturated carbocycles. The Kier molecular flexibility index (Phi) is 4.88. The number of carbonyl (C=O) groups excluding carboxylic acids is 1. The molecule has 30 heavy (non-hydrogen) atoms. The van der Waals surface area contributed by atoms with Gasteiger partial charge in [0.25, 0.3) is 0 Å². The quantitative estimate of drug-likeness (QED) is 0.490. The Labute approximate surface area is 172 Å². The Bertz CT molecular complexity index is 1420. The minimum absolute atomic E-state index is 0.125. The van der Waals surface area contributed by atoms with Gasteiger partial charge in [0, 0.05) is 24.1 Å². The Morgan fingerprint density at radius 3 is 2.50 bits per heavy atom. The minimum atomic E-state index is -3.39. The van der Waals surface area contributed by atoms with E-state index in [9.17, 15) is 18.0 Å². The summed E-state index contributed by atoms with van der Waals surface area (Å²) in [5.41, 5.74) is 1.64. The van der Waals surface area contributed by atoms with E-state index in [-0.39, 0.29) is 16.0 Å². The van der Waals surface area contributed by atoms with Crippen molar-refractivity contribution in [3.8, 4) is 22.8 Å². The van der Waals surface area contributed by atoms with Gasteiger partial charge in [0.1, 0.15) is 0 Å². The molecule has 0 spiro atoms. The molecular weight excluding hydrogens is 404 g/mol. The number of benzene rings is 2. The van der Waals surface area contributed by atoms with Gasteiger partial charge in [0.2, 0.25) is 11.7 Å². The van der Waals surface area contributed by atoms with Gasteiger partial charge in [0.15, 0.2) is 15.5 Å². The van der Waals surface area contributed by atoms with Crippen LogP contribution in [-0.4, -0.2) is 40.5 Å². The van der Waals surface area contributed by atoms with E-state index in [1.54, 1.807) is 42.5 Å². The van der Waals surface area contributed by atoms with Crippen LogP contribution in [0, 0.1) is 0 Å². The van der Waals surface area contributed by atoms with Crippen LogP contribution in [0.3, 0.4) is 0 Å². The van der Waals surface area contributed by atoms with Crippen LogP contribution in [-0.2, 0) is 14.6 Å². The second-order valence-corrected chi connectivity index (χ2v) is 8.54. The predicted octanol–water partition coefficient (Wildman–Crippen LogP) is 1.95. The largest absolute Gasteiger partial charge is 0.287 e. The lowest BCUT2D eigenvalue weighted by Crippen LogP contribution is -2.15. The van der Waals surface area contributed by atoms with Crippen molar-refractivity contribution in [3.63, 3.8) is 0 Å². The van der Waals surface area contributed by atoms with Crippen molar-refractivity contribution in [2.24, 2.45) is 0 Å². The molecule has 0 bridgehead atoms. The molecule has 2 aromatic heterocycles. The van der Waals surface area contributed by atoms with Crippen LogP contribution in [0.1, 0.15) is 5.56 Å². The molecule has 2 aromatic carbocycles. The first-order valence-electron chi connectivity index (χ1n) is 8.80. The summed E-state index contributed by atoms with van der Waals surface area (Å²) in [7, 11) is -3.39. The van der Waals surface area contributed by atoms with Crippen LogP contribution in [0.25, 0.3) is 22.8 Å². The van der Waals surface area contributed by atoms with Crippen LogP contribution in [0.2, 0.25) is 0 Å². The van der Waals surface area contributed by atoms with Crippen LogP contribution < -0.4 is 5.43 Å². The summed E-state index contributed by atoms with van der Waals surface area (Å²) in [4.78, 5) is 23.7. The average Bonchev–Trinajstić information content (AvgIpc) is 3.23. The van der Waals surface area contributed by atoms with Crippen molar-refractivity contribution < 1.29 is 13.2 Å². The molecule has 0 unspecified atom stereocenters. The highest BCUT2D eigenvalue weighted by atomic mass is 32.2. The van der Waals surface area contributed by atoms with Crippen molar-refractivity contribution >= 4 is 16.1 Å². The van der Waals surface area contributed by atoms with E-state index in [1.807, 2.05) is 6.29 Å². The molecule has 1 radical (unpaired) electrons. The molecule has 0 fully saturated rings. The van der Waals surface area contributed by atoms with Crippen LogP contribution in [0.4, 0.5) is 0 Å². The van der Waals surface area contributed by atoms with E-state index in [1.165, 1.54) is 40.0 Å². The number of nitrogens with zero attached hydrogens (tertiary/aromatic N) is 4. The van der Waals surface area contributed by atoms with Gasteiger partial charge in [-0.1, -0.05) is 18.2 Å². The summed E-state index contributed by atoms with van der Waals surface area (Å²) in [6.07, 6.45) is 5.94. The molecule has 0 aliphatic heterocycles. The molecule has 2 heterocycles. The molecule has 0 N–H and O–H groups in total. The maximum Gasteiger partial charge on any atom is 0.233 e. The fraction of sp³-hybridized carbons (Fsp3) is 0.0476.